The Bertz CT molecular complexity index is 342. The van der Waals surface area contributed by atoms with Crippen LogP contribution in [0.15, 0.2) is 29.2 Å². The second-order valence-electron chi connectivity index (χ2n) is 4.91. The van der Waals surface area contributed by atoms with E-state index in [0.717, 1.165) is 6.54 Å². The maximum absolute atomic E-state index is 5.79. The summed E-state index contributed by atoms with van der Waals surface area (Å²) < 4.78 is 0. The third-order valence-corrected chi connectivity index (χ3v) is 4.52. The summed E-state index contributed by atoms with van der Waals surface area (Å²) in [4.78, 5) is 1.33. The zero-order valence-corrected chi connectivity index (χ0v) is 10.5. The fraction of sp³-hybridized carbons (Fsp3) is 0.538. The van der Waals surface area contributed by atoms with E-state index in [2.05, 4.69) is 44.4 Å². The molecule has 1 aliphatic carbocycles. The van der Waals surface area contributed by atoms with Crippen molar-refractivity contribution in [2.75, 3.05) is 12.8 Å². The maximum Gasteiger partial charge on any atom is 0.00693 e. The van der Waals surface area contributed by atoms with Crippen LogP contribution in [0.4, 0.5) is 0 Å². The first-order valence-corrected chi connectivity index (χ1v) is 6.67. The lowest BCUT2D eigenvalue weighted by molar-refractivity contribution is 0.558. The van der Waals surface area contributed by atoms with Crippen LogP contribution in [0.1, 0.15) is 25.3 Å². The highest BCUT2D eigenvalue weighted by molar-refractivity contribution is 7.98. The van der Waals surface area contributed by atoms with Crippen molar-refractivity contribution in [2.24, 2.45) is 17.1 Å². The van der Waals surface area contributed by atoms with Crippen LogP contribution in [0.2, 0.25) is 0 Å². The second-order valence-corrected chi connectivity index (χ2v) is 5.79. The van der Waals surface area contributed by atoms with E-state index in [0.29, 0.717) is 17.3 Å². The Morgan fingerprint density at radius 2 is 1.87 bits per heavy atom. The second kappa shape index (κ2) is 3.84. The van der Waals surface area contributed by atoms with Gasteiger partial charge in [0.2, 0.25) is 0 Å². The Morgan fingerprint density at radius 3 is 2.27 bits per heavy atom. The van der Waals surface area contributed by atoms with Gasteiger partial charge in [-0.3, -0.25) is 0 Å². The first-order valence-electron chi connectivity index (χ1n) is 5.45. The number of thioether (sulfide) groups is 1. The zero-order chi connectivity index (χ0) is 11.1. The fourth-order valence-electron chi connectivity index (χ4n) is 2.66. The first-order chi connectivity index (χ1) is 7.11. The summed E-state index contributed by atoms with van der Waals surface area (Å²) in [5, 5.41) is 0. The predicted molar refractivity (Wildman–Crippen MR) is 67.3 cm³/mol. The quantitative estimate of drug-likeness (QED) is 0.794. The molecule has 0 heterocycles. The first kappa shape index (κ1) is 11.0. The highest BCUT2D eigenvalue weighted by Crippen LogP contribution is 2.63. The molecular formula is C13H19NS. The molecule has 1 saturated carbocycles. The molecule has 2 rings (SSSR count). The Morgan fingerprint density at radius 1 is 1.27 bits per heavy atom. The van der Waals surface area contributed by atoms with Crippen molar-refractivity contribution in [3.8, 4) is 0 Å². The average Bonchev–Trinajstić information content (AvgIpc) is 2.80. The van der Waals surface area contributed by atoms with Crippen molar-refractivity contribution in [3.63, 3.8) is 0 Å². The molecule has 0 aromatic heterocycles. The summed E-state index contributed by atoms with van der Waals surface area (Å²) in [6.45, 7) is 5.44. The molecule has 0 bridgehead atoms. The van der Waals surface area contributed by atoms with E-state index in [9.17, 15) is 0 Å². The highest BCUT2D eigenvalue weighted by atomic mass is 32.2. The normalized spacial score (nSPS) is 27.7. The van der Waals surface area contributed by atoms with Crippen molar-refractivity contribution in [1.29, 1.82) is 0 Å². The van der Waals surface area contributed by atoms with E-state index in [1.807, 2.05) is 0 Å². The molecule has 0 saturated heterocycles. The van der Waals surface area contributed by atoms with Gasteiger partial charge < -0.3 is 5.73 Å². The van der Waals surface area contributed by atoms with Crippen LogP contribution in [0.5, 0.6) is 0 Å². The number of hydrogen-bond donors (Lipinski definition) is 1. The van der Waals surface area contributed by atoms with Gasteiger partial charge in [-0.1, -0.05) is 26.0 Å². The van der Waals surface area contributed by atoms with Crippen LogP contribution in [-0.2, 0) is 0 Å². The van der Waals surface area contributed by atoms with Crippen molar-refractivity contribution in [3.05, 3.63) is 29.8 Å². The fourth-order valence-corrected chi connectivity index (χ4v) is 3.07. The standard InChI is InChI=1S/C13H19NS/c1-13(2)11(8-14)12(13)9-4-6-10(15-3)7-5-9/h4-7,11-12H,8,14H2,1-3H3. The molecule has 2 atom stereocenters. The van der Waals surface area contributed by atoms with E-state index < -0.39 is 0 Å². The molecule has 1 nitrogen and oxygen atoms in total. The van der Waals surface area contributed by atoms with Crippen molar-refractivity contribution in [1.82, 2.24) is 0 Å². The van der Waals surface area contributed by atoms with E-state index >= 15 is 0 Å². The third-order valence-electron chi connectivity index (χ3n) is 3.78. The molecule has 1 aliphatic rings. The molecule has 1 aromatic carbocycles. The van der Waals surface area contributed by atoms with Gasteiger partial charge in [0, 0.05) is 4.90 Å². The molecule has 2 N–H and O–H groups in total. The SMILES string of the molecule is CSc1ccc(C2C(CN)C2(C)C)cc1. The molecule has 15 heavy (non-hydrogen) atoms. The van der Waals surface area contributed by atoms with E-state index in [4.69, 9.17) is 5.73 Å². The summed E-state index contributed by atoms with van der Waals surface area (Å²) in [5.41, 5.74) is 7.64. The predicted octanol–water partition coefficient (Wildman–Crippen LogP) is 3.11. The lowest BCUT2D eigenvalue weighted by atomic mass is 10.0. The van der Waals surface area contributed by atoms with Crippen LogP contribution in [0.25, 0.3) is 0 Å². The molecule has 2 heteroatoms. The average molecular weight is 221 g/mol. The summed E-state index contributed by atoms with van der Waals surface area (Å²) in [6, 6.07) is 8.94. The highest BCUT2D eigenvalue weighted by Gasteiger charge is 2.56. The molecule has 82 valence electrons. The van der Waals surface area contributed by atoms with Gasteiger partial charge in [0.1, 0.15) is 0 Å². The summed E-state index contributed by atoms with van der Waals surface area (Å²) in [5.74, 6) is 1.33. The van der Waals surface area contributed by atoms with Gasteiger partial charge in [0.15, 0.2) is 0 Å². The maximum atomic E-state index is 5.79. The third kappa shape index (κ3) is 1.81. The topological polar surface area (TPSA) is 26.0 Å². The van der Waals surface area contributed by atoms with Crippen LogP contribution in [0, 0.1) is 11.3 Å². The van der Waals surface area contributed by atoms with Crippen molar-refractivity contribution < 1.29 is 0 Å². The number of nitrogens with two attached hydrogens (primary N) is 1. The molecule has 1 fully saturated rings. The van der Waals surface area contributed by atoms with Crippen LogP contribution < -0.4 is 5.73 Å². The molecule has 2 unspecified atom stereocenters. The Balaban J connectivity index is 2.18. The molecule has 0 amide bonds. The summed E-state index contributed by atoms with van der Waals surface area (Å²) in [6.07, 6.45) is 2.11. The van der Waals surface area contributed by atoms with Crippen molar-refractivity contribution in [2.45, 2.75) is 24.7 Å². The number of hydrogen-bond acceptors (Lipinski definition) is 2. The lowest BCUT2D eigenvalue weighted by Crippen LogP contribution is -2.05. The number of benzene rings is 1. The van der Waals surface area contributed by atoms with Gasteiger partial charge in [0.25, 0.3) is 0 Å². The van der Waals surface area contributed by atoms with Gasteiger partial charge >= 0.3 is 0 Å². The van der Waals surface area contributed by atoms with Gasteiger partial charge in [0.05, 0.1) is 0 Å². The molecule has 0 radical (unpaired) electrons. The molecular weight excluding hydrogens is 202 g/mol. The van der Waals surface area contributed by atoms with Gasteiger partial charge in [-0.05, 0) is 47.7 Å². The summed E-state index contributed by atoms with van der Waals surface area (Å²) in [7, 11) is 0. The monoisotopic (exact) mass is 221 g/mol. The van der Waals surface area contributed by atoms with E-state index in [1.165, 1.54) is 10.5 Å². The minimum Gasteiger partial charge on any atom is -0.330 e. The Hall–Kier alpha value is -0.470. The Kier molecular flexibility index (Phi) is 2.82. The largest absolute Gasteiger partial charge is 0.330 e. The number of rotatable bonds is 3. The van der Waals surface area contributed by atoms with Crippen molar-refractivity contribution >= 4 is 11.8 Å². The zero-order valence-electron chi connectivity index (χ0n) is 9.66. The van der Waals surface area contributed by atoms with E-state index in [-0.39, 0.29) is 0 Å². The van der Waals surface area contributed by atoms with Gasteiger partial charge in [-0.15, -0.1) is 11.8 Å². The minimum atomic E-state index is 0.398. The smallest absolute Gasteiger partial charge is 0.00693 e. The van der Waals surface area contributed by atoms with Crippen LogP contribution in [-0.4, -0.2) is 12.8 Å². The molecule has 0 spiro atoms. The summed E-state index contributed by atoms with van der Waals surface area (Å²) >= 11 is 1.79. The lowest BCUT2D eigenvalue weighted by Gasteiger charge is -2.03. The minimum absolute atomic E-state index is 0.398. The molecule has 1 aromatic rings. The van der Waals surface area contributed by atoms with Gasteiger partial charge in [-0.2, -0.15) is 0 Å². The Labute approximate surface area is 96.4 Å². The van der Waals surface area contributed by atoms with Crippen LogP contribution >= 0.6 is 11.8 Å². The molecule has 0 aliphatic heterocycles. The van der Waals surface area contributed by atoms with Crippen LogP contribution in [0.3, 0.4) is 0 Å². The van der Waals surface area contributed by atoms with Gasteiger partial charge in [-0.25, -0.2) is 0 Å². The van der Waals surface area contributed by atoms with E-state index in [1.54, 1.807) is 11.8 Å².